The molecule has 6 N–H and O–H groups in total. The molecule has 22 nitrogen and oxygen atoms in total. The van der Waals surface area contributed by atoms with Crippen LogP contribution in [-0.4, -0.2) is 189 Å². The third kappa shape index (κ3) is 21.4. The monoisotopic (exact) mass is 1370 g/mol. The minimum absolute atomic E-state index is 0.00515. The highest BCUT2D eigenvalue weighted by molar-refractivity contribution is 7.17. The second kappa shape index (κ2) is 36.6. The molecule has 2 amide bonds. The van der Waals surface area contributed by atoms with E-state index >= 15 is 0 Å². The number of aliphatic hydroxyl groups is 4. The standard InChI is InChI=1S/C72H103ClN8O14S/c1-43-20-13-12-14-21-44(2)57(94-35-34-79-30-32-80(33-31-79)62-41-61(75-51(9)76-62)77-71-74-42-60(96-71)68(87)78-63-45(3)22-19-24-53(63)73)26-16-15-23-50(8)72(90,91)67(86)69(88)81-29-18-17-25-54(81)70(89)95-58(47(5)38-52-27-28-55(82)59(39-52)92-10)40-56(83)46(4)37-49(7)65(85)66(93-11)64(84)48(6)36-43/h12-14,19-22,24,37,41-43,46-48,50,52,54-55,57-59,65-66,82,85,90-91H,15-18,23,25-36,38-40H2,1-11H3,(H,78,87)(H,74,75,76,77)/b14-12+,20-13+,44-21-,49-37+/t43-,46-,47?,48-,50-,52-,54?,55-,57+,58+,59-,65-,66+/m1/s1. The molecule has 4 aliphatic rings. The van der Waals surface area contributed by atoms with Crippen molar-refractivity contribution in [1.82, 2.24) is 24.8 Å². The van der Waals surface area contributed by atoms with Crippen molar-refractivity contribution < 1.29 is 68.1 Å². The van der Waals surface area contributed by atoms with Crippen LogP contribution < -0.4 is 15.5 Å². The number of amides is 2. The number of rotatable bonds is 14. The van der Waals surface area contributed by atoms with Crippen molar-refractivity contribution in [3.63, 3.8) is 0 Å². The predicted molar refractivity (Wildman–Crippen MR) is 371 cm³/mol. The highest BCUT2D eigenvalue weighted by Crippen LogP contribution is 2.36. The molecule has 1 aliphatic carbocycles. The Balaban J connectivity index is 1.03. The van der Waals surface area contributed by atoms with Crippen LogP contribution in [0.15, 0.2) is 78.1 Å². The molecular formula is C72H103ClN8O14S. The maximum Gasteiger partial charge on any atom is 0.329 e. The van der Waals surface area contributed by atoms with E-state index in [4.69, 9.17) is 35.5 Å². The van der Waals surface area contributed by atoms with Gasteiger partial charge < -0.3 is 59.8 Å². The van der Waals surface area contributed by atoms with Crippen LogP contribution >= 0.6 is 22.9 Å². The number of piperazine rings is 1. The normalized spacial score (nSPS) is 30.1. The molecule has 0 spiro atoms. The molecular weight excluding hydrogens is 1270 g/mol. The molecule has 2 unspecified atom stereocenters. The number of nitrogens with zero attached hydrogens (tertiary/aromatic N) is 6. The third-order valence-corrected chi connectivity index (χ3v) is 20.7. The first kappa shape index (κ1) is 77.2. The van der Waals surface area contributed by atoms with E-state index in [0.717, 1.165) is 34.9 Å². The number of Topliss-reactive ketones (excluding diaryl/α,β-unsaturated/α-hetero) is 3. The molecule has 5 heterocycles. The number of allylic oxidation sites excluding steroid dienone is 6. The van der Waals surface area contributed by atoms with Gasteiger partial charge in [0.05, 0.1) is 41.8 Å². The highest BCUT2D eigenvalue weighted by atomic mass is 35.5. The molecule has 3 aromatic rings. The molecule has 528 valence electrons. The van der Waals surface area contributed by atoms with E-state index in [2.05, 4.69) is 30.4 Å². The Labute approximate surface area is 575 Å². The number of aliphatic hydroxyl groups excluding tert-OH is 2. The van der Waals surface area contributed by atoms with Gasteiger partial charge in [0, 0.05) is 83.7 Å². The zero-order valence-electron chi connectivity index (χ0n) is 57.8. The summed E-state index contributed by atoms with van der Waals surface area (Å²) in [5, 5.41) is 52.3. The van der Waals surface area contributed by atoms with Crippen molar-refractivity contribution in [1.29, 1.82) is 0 Å². The number of thiazole rings is 1. The first-order chi connectivity index (χ1) is 45.7. The molecule has 0 bridgehead atoms. The average molecular weight is 1370 g/mol. The number of fused-ring (bicyclic) bond motifs is 1. The van der Waals surface area contributed by atoms with E-state index in [1.54, 1.807) is 33.1 Å². The molecule has 96 heavy (non-hydrogen) atoms. The summed E-state index contributed by atoms with van der Waals surface area (Å²) in [6.45, 7) is 20.2. The summed E-state index contributed by atoms with van der Waals surface area (Å²) in [4.78, 5) is 104. The summed E-state index contributed by atoms with van der Waals surface area (Å²) in [5.74, 6) is -8.22. The molecule has 3 fully saturated rings. The predicted octanol–water partition coefficient (Wildman–Crippen LogP) is 9.87. The summed E-state index contributed by atoms with van der Waals surface area (Å²) in [6.07, 6.45) is 13.5. The Kier molecular flexibility index (Phi) is 29.5. The summed E-state index contributed by atoms with van der Waals surface area (Å²) in [7, 11) is 2.92. The van der Waals surface area contributed by atoms with Gasteiger partial charge in [0.2, 0.25) is 5.79 Å². The number of halogens is 1. The lowest BCUT2D eigenvalue weighted by molar-refractivity contribution is -0.205. The van der Waals surface area contributed by atoms with Gasteiger partial charge in [-0.15, -0.1) is 0 Å². The van der Waals surface area contributed by atoms with Gasteiger partial charge in [0.25, 0.3) is 17.6 Å². The number of esters is 1. The van der Waals surface area contributed by atoms with Gasteiger partial charge in [-0.05, 0) is 132 Å². The van der Waals surface area contributed by atoms with Gasteiger partial charge in [-0.1, -0.05) is 119 Å². The van der Waals surface area contributed by atoms with Crippen molar-refractivity contribution >= 4 is 80.5 Å². The minimum atomic E-state index is -3.05. The number of anilines is 4. The number of benzene rings is 1. The second-order valence-electron chi connectivity index (χ2n) is 27.0. The molecule has 0 radical (unpaired) electrons. The molecule has 2 aromatic heterocycles. The third-order valence-electron chi connectivity index (χ3n) is 19.5. The molecule has 3 aliphatic heterocycles. The summed E-state index contributed by atoms with van der Waals surface area (Å²) in [5.41, 5.74) is 2.71. The molecule has 1 saturated carbocycles. The summed E-state index contributed by atoms with van der Waals surface area (Å²) < 4.78 is 24.2. The summed E-state index contributed by atoms with van der Waals surface area (Å²) >= 11 is 7.56. The number of aromatic nitrogens is 3. The quantitative estimate of drug-likeness (QED) is 0.0379. The highest BCUT2D eigenvalue weighted by Gasteiger charge is 2.48. The van der Waals surface area contributed by atoms with Gasteiger partial charge in [-0.2, -0.15) is 0 Å². The van der Waals surface area contributed by atoms with E-state index in [1.165, 1.54) is 31.6 Å². The van der Waals surface area contributed by atoms with Gasteiger partial charge in [-0.25, -0.2) is 19.7 Å². The lowest BCUT2D eigenvalue weighted by Crippen LogP contribution is -2.57. The zero-order chi connectivity index (χ0) is 70.0. The Morgan fingerprint density at radius 2 is 1.59 bits per heavy atom. The fourth-order valence-corrected chi connectivity index (χ4v) is 14.4. The van der Waals surface area contributed by atoms with E-state index in [0.29, 0.717) is 128 Å². The number of ketones is 3. The number of methoxy groups -OCH3 is 2. The maximum absolute atomic E-state index is 14.5. The molecule has 13 atom stereocenters. The van der Waals surface area contributed by atoms with Crippen LogP contribution in [0.3, 0.4) is 0 Å². The Morgan fingerprint density at radius 1 is 0.865 bits per heavy atom. The fourth-order valence-electron chi connectivity index (χ4n) is 13.4. The van der Waals surface area contributed by atoms with Crippen LogP contribution in [0.1, 0.15) is 153 Å². The molecule has 1 aromatic carbocycles. The first-order valence-electron chi connectivity index (χ1n) is 34.1. The van der Waals surface area contributed by atoms with E-state index < -0.39 is 71.7 Å². The molecule has 7 rings (SSSR count). The number of aryl methyl sites for hydroxylation is 2. The lowest BCUT2D eigenvalue weighted by Gasteiger charge is -2.38. The Morgan fingerprint density at radius 3 is 2.31 bits per heavy atom. The number of para-hydroxylation sites is 1. The van der Waals surface area contributed by atoms with Crippen molar-refractivity contribution in [3.05, 3.63) is 99.4 Å². The fraction of sp³-hybridized carbons (Fsp3) is 0.625. The summed E-state index contributed by atoms with van der Waals surface area (Å²) in [6, 6.07) is 6.06. The van der Waals surface area contributed by atoms with Crippen LogP contribution in [0.25, 0.3) is 0 Å². The van der Waals surface area contributed by atoms with Crippen molar-refractivity contribution in [2.24, 2.45) is 35.5 Å². The second-order valence-corrected chi connectivity index (χ2v) is 28.5. The number of ether oxygens (including phenoxy) is 4. The van der Waals surface area contributed by atoms with Crippen molar-refractivity contribution in [3.8, 4) is 0 Å². The largest absolute Gasteiger partial charge is 0.460 e. The molecule has 2 saturated heterocycles. The van der Waals surface area contributed by atoms with Gasteiger partial charge in [0.15, 0.2) is 10.9 Å². The van der Waals surface area contributed by atoms with Gasteiger partial charge in [0.1, 0.15) is 52.5 Å². The number of hydrogen-bond acceptors (Lipinski definition) is 21. The smallest absolute Gasteiger partial charge is 0.329 e. The minimum Gasteiger partial charge on any atom is -0.460 e. The Hall–Kier alpha value is -6.12. The maximum atomic E-state index is 14.5. The SMILES string of the molecule is CO[C@@H]1C[C@@H](CC(C)[C@@H]2CC(=O)[C@H](C)/C=C(\C)[C@@H](O)[C@@H](OC)C(=O)[C@H](C)C[C@H](C)/C=C/C=C/C=C(/C)[C@@H](OCCN3CCN(c4cc(Nc5ncc(C(=O)Nc6c(C)cccc6Cl)s5)nc(C)n4)CC3)CCCC[C@@H](C)C(O)(O)C(=O)C(=O)N3CCCCC3C(=O)O2)CC[C@H]1O. The number of carbonyl (C=O) groups excluding carboxylic acids is 6. The van der Waals surface area contributed by atoms with E-state index in [-0.39, 0.29) is 73.2 Å². The van der Waals surface area contributed by atoms with Crippen LogP contribution in [0, 0.1) is 49.4 Å². The van der Waals surface area contributed by atoms with E-state index in [9.17, 15) is 49.2 Å². The number of carbonyl (C=O) groups is 6. The van der Waals surface area contributed by atoms with Crippen LogP contribution in [-0.2, 0) is 42.9 Å². The van der Waals surface area contributed by atoms with Gasteiger partial charge in [-0.3, -0.25) is 28.9 Å². The number of hydrogen-bond donors (Lipinski definition) is 6. The van der Waals surface area contributed by atoms with Gasteiger partial charge >= 0.3 is 5.97 Å². The molecule has 24 heteroatoms. The number of cyclic esters (lactones) is 1. The topological polar surface area (TPSA) is 293 Å². The van der Waals surface area contributed by atoms with Crippen LogP contribution in [0.2, 0.25) is 5.02 Å². The lowest BCUT2D eigenvalue weighted by atomic mass is 9.78. The number of nitrogens with one attached hydrogen (secondary N) is 2. The van der Waals surface area contributed by atoms with Crippen LogP contribution in [0.4, 0.5) is 22.5 Å². The van der Waals surface area contributed by atoms with Crippen molar-refractivity contribution in [2.45, 2.75) is 194 Å². The van der Waals surface area contributed by atoms with E-state index in [1.807, 2.05) is 90.1 Å². The van der Waals surface area contributed by atoms with Crippen LogP contribution in [0.5, 0.6) is 0 Å². The number of piperidine rings is 1. The van der Waals surface area contributed by atoms with Crippen molar-refractivity contribution in [2.75, 3.05) is 75.6 Å². The zero-order valence-corrected chi connectivity index (χ0v) is 59.4. The average Bonchev–Trinajstić information content (AvgIpc) is 0.877. The Bertz CT molecular complexity index is 3240. The first-order valence-corrected chi connectivity index (χ1v) is 35.3.